The maximum Gasteiger partial charge on any atom is 0.0640 e. The van der Waals surface area contributed by atoms with Gasteiger partial charge in [-0.2, -0.15) is 16.9 Å². The van der Waals surface area contributed by atoms with Crippen LogP contribution in [0.2, 0.25) is 0 Å². The van der Waals surface area contributed by atoms with Gasteiger partial charge in [0.1, 0.15) is 0 Å². The molecule has 0 amide bonds. The molecule has 0 aliphatic carbocycles. The Labute approximate surface area is 89.2 Å². The molecule has 0 saturated carbocycles. The van der Waals surface area contributed by atoms with Crippen LogP contribution in [0.5, 0.6) is 0 Å². The van der Waals surface area contributed by atoms with Gasteiger partial charge < -0.3 is 0 Å². The summed E-state index contributed by atoms with van der Waals surface area (Å²) >= 11 is 1.89. The van der Waals surface area contributed by atoms with Gasteiger partial charge in [0.25, 0.3) is 0 Å². The zero-order valence-corrected chi connectivity index (χ0v) is 9.55. The van der Waals surface area contributed by atoms with E-state index < -0.39 is 0 Å². The molecule has 1 rings (SSSR count). The number of rotatable bonds is 6. The van der Waals surface area contributed by atoms with Gasteiger partial charge in [-0.05, 0) is 11.8 Å². The minimum absolute atomic E-state index is 0.315. The van der Waals surface area contributed by atoms with Crippen LogP contribution >= 0.6 is 11.8 Å². The highest BCUT2D eigenvalue weighted by molar-refractivity contribution is 7.99. The second kappa shape index (κ2) is 6.06. The molecule has 0 spiro atoms. The molecular weight excluding hydrogens is 196 g/mol. The number of hydrogen-bond acceptors (Lipinski definition) is 4. The van der Waals surface area contributed by atoms with Gasteiger partial charge in [0.2, 0.25) is 0 Å². The van der Waals surface area contributed by atoms with Gasteiger partial charge in [-0.3, -0.25) is 16.0 Å². The van der Waals surface area contributed by atoms with Gasteiger partial charge in [-0.1, -0.05) is 6.92 Å². The monoisotopic (exact) mass is 214 g/mol. The van der Waals surface area contributed by atoms with Crippen LogP contribution in [0.25, 0.3) is 0 Å². The first kappa shape index (κ1) is 11.6. The largest absolute Gasteiger partial charge is 0.276 e. The van der Waals surface area contributed by atoms with Gasteiger partial charge in [-0.15, -0.1) is 0 Å². The maximum atomic E-state index is 5.47. The molecule has 1 atom stereocenters. The molecular formula is C9H18N4S. The summed E-state index contributed by atoms with van der Waals surface area (Å²) < 4.78 is 1.82. The second-order valence-electron chi connectivity index (χ2n) is 3.21. The van der Waals surface area contributed by atoms with Gasteiger partial charge in [0.15, 0.2) is 0 Å². The lowest BCUT2D eigenvalue weighted by Gasteiger charge is -2.13. The van der Waals surface area contributed by atoms with Gasteiger partial charge in [0, 0.05) is 31.5 Å². The van der Waals surface area contributed by atoms with E-state index in [9.17, 15) is 0 Å². The Hall–Kier alpha value is -0.520. The van der Waals surface area contributed by atoms with Crippen LogP contribution in [0.4, 0.5) is 0 Å². The van der Waals surface area contributed by atoms with Crippen molar-refractivity contribution in [1.29, 1.82) is 0 Å². The van der Waals surface area contributed by atoms with Crippen molar-refractivity contribution in [2.24, 2.45) is 12.9 Å². The van der Waals surface area contributed by atoms with E-state index in [0.29, 0.717) is 6.04 Å². The SMILES string of the molecule is CCSCC(Cc1ccn(C)n1)NN. The van der Waals surface area contributed by atoms with Crippen molar-refractivity contribution in [2.45, 2.75) is 19.4 Å². The van der Waals surface area contributed by atoms with Crippen molar-refractivity contribution in [3.63, 3.8) is 0 Å². The molecule has 0 radical (unpaired) electrons. The van der Waals surface area contributed by atoms with E-state index in [-0.39, 0.29) is 0 Å². The Kier molecular flexibility index (Phi) is 5.00. The third-order valence-electron chi connectivity index (χ3n) is 1.98. The highest BCUT2D eigenvalue weighted by Gasteiger charge is 2.08. The van der Waals surface area contributed by atoms with E-state index in [1.807, 2.05) is 35.8 Å². The van der Waals surface area contributed by atoms with Gasteiger partial charge in [0.05, 0.1) is 5.69 Å². The average Bonchev–Trinajstić information content (AvgIpc) is 2.58. The standard InChI is InChI=1S/C9H18N4S/c1-3-14-7-9(11-10)6-8-4-5-13(2)12-8/h4-5,9,11H,3,6-7,10H2,1-2H3. The molecule has 14 heavy (non-hydrogen) atoms. The lowest BCUT2D eigenvalue weighted by atomic mass is 10.2. The van der Waals surface area contributed by atoms with Crippen LogP contribution < -0.4 is 11.3 Å². The number of hydrazine groups is 1. The summed E-state index contributed by atoms with van der Waals surface area (Å²) in [6.45, 7) is 2.15. The fourth-order valence-corrected chi connectivity index (χ4v) is 1.98. The molecule has 0 aromatic carbocycles. The highest BCUT2D eigenvalue weighted by atomic mass is 32.2. The number of aryl methyl sites for hydroxylation is 1. The quantitative estimate of drug-likeness (QED) is 0.536. The summed E-state index contributed by atoms with van der Waals surface area (Å²) in [5.41, 5.74) is 3.91. The summed E-state index contributed by atoms with van der Waals surface area (Å²) in [5, 5.41) is 4.32. The predicted octanol–water partition coefficient (Wildman–Crippen LogP) is 0.548. The third-order valence-corrected chi connectivity index (χ3v) is 3.03. The normalized spacial score (nSPS) is 13.1. The van der Waals surface area contributed by atoms with E-state index in [0.717, 1.165) is 23.6 Å². The average molecular weight is 214 g/mol. The molecule has 4 nitrogen and oxygen atoms in total. The topological polar surface area (TPSA) is 55.9 Å². The van der Waals surface area contributed by atoms with Crippen molar-refractivity contribution in [3.8, 4) is 0 Å². The Bertz CT molecular complexity index is 261. The Morgan fingerprint density at radius 1 is 1.71 bits per heavy atom. The lowest BCUT2D eigenvalue weighted by molar-refractivity contribution is 0.564. The van der Waals surface area contributed by atoms with Crippen molar-refractivity contribution < 1.29 is 0 Å². The first-order valence-corrected chi connectivity index (χ1v) is 5.94. The van der Waals surface area contributed by atoms with Crippen LogP contribution in [0, 0.1) is 0 Å². The molecule has 0 saturated heterocycles. The van der Waals surface area contributed by atoms with E-state index >= 15 is 0 Å². The summed E-state index contributed by atoms with van der Waals surface area (Å²) in [5.74, 6) is 7.63. The summed E-state index contributed by atoms with van der Waals surface area (Å²) in [6, 6.07) is 2.34. The van der Waals surface area contributed by atoms with Crippen molar-refractivity contribution >= 4 is 11.8 Å². The maximum absolute atomic E-state index is 5.47. The zero-order chi connectivity index (χ0) is 10.4. The number of nitrogens with one attached hydrogen (secondary N) is 1. The zero-order valence-electron chi connectivity index (χ0n) is 8.73. The highest BCUT2D eigenvalue weighted by Crippen LogP contribution is 2.06. The first-order valence-electron chi connectivity index (χ1n) is 4.78. The number of thioether (sulfide) groups is 1. The second-order valence-corrected chi connectivity index (χ2v) is 4.53. The molecule has 0 aliphatic heterocycles. The summed E-state index contributed by atoms with van der Waals surface area (Å²) in [7, 11) is 1.93. The Morgan fingerprint density at radius 3 is 3.00 bits per heavy atom. The van der Waals surface area contributed by atoms with Crippen LogP contribution in [0.3, 0.4) is 0 Å². The number of nitrogens with zero attached hydrogens (tertiary/aromatic N) is 2. The van der Waals surface area contributed by atoms with E-state index in [4.69, 9.17) is 5.84 Å². The molecule has 1 unspecified atom stereocenters. The van der Waals surface area contributed by atoms with Crippen LogP contribution in [0.15, 0.2) is 12.3 Å². The van der Waals surface area contributed by atoms with Crippen molar-refractivity contribution in [2.75, 3.05) is 11.5 Å². The number of nitrogens with two attached hydrogens (primary N) is 1. The fourth-order valence-electron chi connectivity index (χ4n) is 1.25. The Morgan fingerprint density at radius 2 is 2.50 bits per heavy atom. The molecule has 80 valence electrons. The van der Waals surface area contributed by atoms with E-state index in [2.05, 4.69) is 17.4 Å². The lowest BCUT2D eigenvalue weighted by Crippen LogP contribution is -2.38. The molecule has 0 fully saturated rings. The van der Waals surface area contributed by atoms with Crippen LogP contribution in [0.1, 0.15) is 12.6 Å². The summed E-state index contributed by atoms with van der Waals surface area (Å²) in [4.78, 5) is 0. The minimum atomic E-state index is 0.315. The molecule has 0 bridgehead atoms. The van der Waals surface area contributed by atoms with Gasteiger partial charge in [-0.25, -0.2) is 0 Å². The summed E-state index contributed by atoms with van der Waals surface area (Å²) in [6.07, 6.45) is 2.85. The molecule has 3 N–H and O–H groups in total. The molecule has 1 aromatic heterocycles. The van der Waals surface area contributed by atoms with E-state index in [1.54, 1.807) is 0 Å². The number of aromatic nitrogens is 2. The smallest absolute Gasteiger partial charge is 0.0640 e. The van der Waals surface area contributed by atoms with Crippen molar-refractivity contribution in [1.82, 2.24) is 15.2 Å². The minimum Gasteiger partial charge on any atom is -0.276 e. The Balaban J connectivity index is 2.40. The van der Waals surface area contributed by atoms with Crippen LogP contribution in [-0.4, -0.2) is 27.3 Å². The molecule has 1 heterocycles. The third kappa shape index (κ3) is 3.69. The number of hydrogen-bond donors (Lipinski definition) is 2. The predicted molar refractivity (Wildman–Crippen MR) is 61.0 cm³/mol. The fraction of sp³-hybridized carbons (Fsp3) is 0.667. The molecule has 0 aliphatic rings. The molecule has 5 heteroatoms. The van der Waals surface area contributed by atoms with Gasteiger partial charge >= 0.3 is 0 Å². The van der Waals surface area contributed by atoms with Crippen LogP contribution in [-0.2, 0) is 13.5 Å². The first-order chi connectivity index (χ1) is 6.76. The van der Waals surface area contributed by atoms with E-state index in [1.165, 1.54) is 0 Å². The van der Waals surface area contributed by atoms with Crippen molar-refractivity contribution in [3.05, 3.63) is 18.0 Å². The molecule has 1 aromatic rings.